The van der Waals surface area contributed by atoms with Gasteiger partial charge in [-0.05, 0) is 19.1 Å². The first kappa shape index (κ1) is 10.3. The molecule has 0 N–H and O–H groups in total. The number of esters is 1. The number of carbonyl (C=O) groups excluding carboxylic acids is 1. The van der Waals surface area contributed by atoms with Crippen molar-refractivity contribution < 1.29 is 9.53 Å². The van der Waals surface area contributed by atoms with Gasteiger partial charge in [0, 0.05) is 5.69 Å². The molecule has 0 bridgehead atoms. The molecule has 82 valence electrons. The highest BCUT2D eigenvalue weighted by Gasteiger charge is 2.12. The molecule has 0 atom stereocenters. The molecule has 0 aromatic carbocycles. The van der Waals surface area contributed by atoms with Crippen LogP contribution in [-0.2, 0) is 4.74 Å². The molecular formula is C10H10N4O2. The molecule has 0 aliphatic carbocycles. The Hall–Kier alpha value is -2.24. The molecule has 2 aromatic rings. The van der Waals surface area contributed by atoms with Crippen LogP contribution in [-0.4, -0.2) is 32.8 Å². The van der Waals surface area contributed by atoms with Crippen molar-refractivity contribution in [3.05, 3.63) is 36.0 Å². The second kappa shape index (κ2) is 4.09. The fourth-order valence-electron chi connectivity index (χ4n) is 1.21. The summed E-state index contributed by atoms with van der Waals surface area (Å²) in [5.41, 5.74) is 0.868. The van der Waals surface area contributed by atoms with Gasteiger partial charge in [-0.3, -0.25) is 0 Å². The van der Waals surface area contributed by atoms with Gasteiger partial charge in [-0.2, -0.15) is 0 Å². The normalized spacial score (nSPS) is 10.1. The van der Waals surface area contributed by atoms with Crippen LogP contribution < -0.4 is 0 Å². The van der Waals surface area contributed by atoms with Crippen LogP contribution in [0.2, 0.25) is 0 Å². The van der Waals surface area contributed by atoms with Crippen LogP contribution in [0.4, 0.5) is 0 Å². The summed E-state index contributed by atoms with van der Waals surface area (Å²) < 4.78 is 5.94. The summed E-state index contributed by atoms with van der Waals surface area (Å²) in [6.45, 7) is 1.88. The fraction of sp³-hybridized carbons (Fsp3) is 0.200. The van der Waals surface area contributed by atoms with Crippen LogP contribution in [0.1, 0.15) is 16.3 Å². The van der Waals surface area contributed by atoms with E-state index in [4.69, 9.17) is 0 Å². The third kappa shape index (κ3) is 1.90. The molecule has 6 nitrogen and oxygen atoms in total. The van der Waals surface area contributed by atoms with Gasteiger partial charge in [0.25, 0.3) is 5.82 Å². The average molecular weight is 218 g/mol. The maximum Gasteiger partial charge on any atom is 0.377 e. The number of hydrogen-bond donors (Lipinski definition) is 0. The predicted octanol–water partition coefficient (Wildman–Crippen LogP) is 0.757. The van der Waals surface area contributed by atoms with Crippen molar-refractivity contribution >= 4 is 5.97 Å². The molecule has 0 spiro atoms. The van der Waals surface area contributed by atoms with Crippen LogP contribution in [0.3, 0.4) is 0 Å². The largest absolute Gasteiger partial charge is 0.463 e. The van der Waals surface area contributed by atoms with Crippen molar-refractivity contribution in [1.82, 2.24) is 19.7 Å². The molecule has 6 heteroatoms. The third-order valence-electron chi connectivity index (χ3n) is 1.97. The zero-order valence-electron chi connectivity index (χ0n) is 8.91. The Morgan fingerprint density at radius 2 is 2.25 bits per heavy atom. The number of aryl methyl sites for hydroxylation is 1. The first-order valence-electron chi connectivity index (χ1n) is 4.64. The van der Waals surface area contributed by atoms with E-state index < -0.39 is 5.97 Å². The Morgan fingerprint density at radius 3 is 2.94 bits per heavy atom. The molecule has 0 amide bonds. The minimum atomic E-state index is -0.564. The van der Waals surface area contributed by atoms with Crippen molar-refractivity contribution in [3.8, 4) is 5.82 Å². The summed E-state index contributed by atoms with van der Waals surface area (Å²) in [6.07, 6.45) is 1.42. The second-order valence-electron chi connectivity index (χ2n) is 3.14. The molecule has 0 saturated heterocycles. The zero-order valence-corrected chi connectivity index (χ0v) is 8.91. The molecule has 2 aromatic heterocycles. The van der Waals surface area contributed by atoms with E-state index in [2.05, 4.69) is 19.8 Å². The van der Waals surface area contributed by atoms with Gasteiger partial charge < -0.3 is 4.74 Å². The van der Waals surface area contributed by atoms with Gasteiger partial charge in [0.2, 0.25) is 0 Å². The maximum atomic E-state index is 11.1. The summed E-state index contributed by atoms with van der Waals surface area (Å²) in [5, 5.41) is 3.96. The number of pyridine rings is 1. The molecule has 0 aliphatic heterocycles. The fourth-order valence-corrected chi connectivity index (χ4v) is 1.21. The number of carbonyl (C=O) groups is 1. The topological polar surface area (TPSA) is 69.9 Å². The van der Waals surface area contributed by atoms with E-state index in [9.17, 15) is 4.79 Å². The first-order valence-corrected chi connectivity index (χ1v) is 4.64. The van der Waals surface area contributed by atoms with Crippen LogP contribution >= 0.6 is 0 Å². The van der Waals surface area contributed by atoms with Gasteiger partial charge >= 0.3 is 5.97 Å². The SMILES string of the molecule is COC(=O)c1ncn(-c2cccc(C)n2)n1. The van der Waals surface area contributed by atoms with E-state index in [1.807, 2.05) is 19.1 Å². The lowest BCUT2D eigenvalue weighted by molar-refractivity contribution is 0.0587. The molecule has 16 heavy (non-hydrogen) atoms. The minimum absolute atomic E-state index is 0.0193. The van der Waals surface area contributed by atoms with Gasteiger partial charge in [-0.25, -0.2) is 19.4 Å². The molecule has 0 saturated carbocycles. The summed E-state index contributed by atoms with van der Waals surface area (Å²) >= 11 is 0. The van der Waals surface area contributed by atoms with Crippen LogP contribution in [0, 0.1) is 6.92 Å². The predicted molar refractivity (Wildman–Crippen MR) is 55.2 cm³/mol. The molecule has 0 unspecified atom stereocenters. The number of nitrogens with zero attached hydrogens (tertiary/aromatic N) is 4. The zero-order chi connectivity index (χ0) is 11.5. The Morgan fingerprint density at radius 1 is 1.44 bits per heavy atom. The highest BCUT2D eigenvalue weighted by Crippen LogP contribution is 2.04. The molecule has 0 fully saturated rings. The lowest BCUT2D eigenvalue weighted by atomic mass is 10.4. The molecule has 2 heterocycles. The first-order chi connectivity index (χ1) is 7.70. The smallest absolute Gasteiger partial charge is 0.377 e. The van der Waals surface area contributed by atoms with Gasteiger partial charge in [0.15, 0.2) is 5.82 Å². The standard InChI is InChI=1S/C10H10N4O2/c1-7-4-3-5-8(12-7)14-6-11-9(13-14)10(15)16-2/h3-6H,1-2H3. The maximum absolute atomic E-state index is 11.1. The molecular weight excluding hydrogens is 208 g/mol. The molecule has 0 radical (unpaired) electrons. The lowest BCUT2D eigenvalue weighted by Crippen LogP contribution is -2.05. The number of rotatable bonds is 2. The van der Waals surface area contributed by atoms with E-state index in [0.29, 0.717) is 5.82 Å². The monoisotopic (exact) mass is 218 g/mol. The number of hydrogen-bond acceptors (Lipinski definition) is 5. The Bertz CT molecular complexity index is 521. The number of aromatic nitrogens is 4. The van der Waals surface area contributed by atoms with Crippen LogP contribution in [0.15, 0.2) is 24.5 Å². The van der Waals surface area contributed by atoms with Crippen molar-refractivity contribution in [2.75, 3.05) is 7.11 Å². The van der Waals surface area contributed by atoms with Crippen LogP contribution in [0.5, 0.6) is 0 Å². The third-order valence-corrected chi connectivity index (χ3v) is 1.97. The van der Waals surface area contributed by atoms with E-state index in [-0.39, 0.29) is 5.82 Å². The lowest BCUT2D eigenvalue weighted by Gasteiger charge is -1.99. The van der Waals surface area contributed by atoms with E-state index in [1.165, 1.54) is 18.1 Å². The van der Waals surface area contributed by atoms with Crippen molar-refractivity contribution in [1.29, 1.82) is 0 Å². The van der Waals surface area contributed by atoms with Gasteiger partial charge in [-0.15, -0.1) is 5.10 Å². The summed E-state index contributed by atoms with van der Waals surface area (Å²) in [7, 11) is 1.29. The number of ether oxygens (including phenoxy) is 1. The van der Waals surface area contributed by atoms with E-state index in [1.54, 1.807) is 6.07 Å². The minimum Gasteiger partial charge on any atom is -0.463 e. The summed E-state index contributed by atoms with van der Waals surface area (Å²) in [5.74, 6) is 0.0693. The van der Waals surface area contributed by atoms with E-state index >= 15 is 0 Å². The quantitative estimate of drug-likeness (QED) is 0.696. The highest BCUT2D eigenvalue weighted by molar-refractivity contribution is 5.84. The van der Waals surface area contributed by atoms with Crippen molar-refractivity contribution in [3.63, 3.8) is 0 Å². The second-order valence-corrected chi connectivity index (χ2v) is 3.14. The Kier molecular flexibility index (Phi) is 2.63. The number of methoxy groups -OCH3 is 1. The average Bonchev–Trinajstić information content (AvgIpc) is 2.77. The Balaban J connectivity index is 2.35. The summed E-state index contributed by atoms with van der Waals surface area (Å²) in [6, 6.07) is 5.52. The highest BCUT2D eigenvalue weighted by atomic mass is 16.5. The van der Waals surface area contributed by atoms with Crippen molar-refractivity contribution in [2.24, 2.45) is 0 Å². The van der Waals surface area contributed by atoms with Gasteiger partial charge in [-0.1, -0.05) is 6.07 Å². The van der Waals surface area contributed by atoms with Gasteiger partial charge in [0.05, 0.1) is 7.11 Å². The van der Waals surface area contributed by atoms with Gasteiger partial charge in [0.1, 0.15) is 6.33 Å². The Labute approximate surface area is 91.9 Å². The van der Waals surface area contributed by atoms with Crippen LogP contribution in [0.25, 0.3) is 5.82 Å². The molecule has 2 rings (SSSR count). The van der Waals surface area contributed by atoms with E-state index in [0.717, 1.165) is 5.69 Å². The van der Waals surface area contributed by atoms with Crippen molar-refractivity contribution in [2.45, 2.75) is 6.92 Å². The summed E-state index contributed by atoms with van der Waals surface area (Å²) in [4.78, 5) is 19.2. The molecule has 0 aliphatic rings.